The molecule has 0 atom stereocenters. The zero-order valence-corrected chi connectivity index (χ0v) is 36.4. The summed E-state index contributed by atoms with van der Waals surface area (Å²) in [6.07, 6.45) is -0.298. The lowest BCUT2D eigenvalue weighted by Crippen LogP contribution is -2.53. The first kappa shape index (κ1) is 45.5. The van der Waals surface area contributed by atoms with E-state index in [1.807, 2.05) is 37.5 Å². The Morgan fingerprint density at radius 2 is 1.03 bits per heavy atom. The Kier molecular flexibility index (Phi) is 14.2. The first-order chi connectivity index (χ1) is 26.9. The number of fused-ring (bicyclic) bond motifs is 2. The SMILES string of the molecule is CCCCn1c2nc(=O)n(CC(=O)N3CCN(C(=O)OC(C)(C)C)CCN(C(=O)OC(C)(C)C)CCN(C(=O)OC(C)(C)C)CC3)c(=O)c-2nc2cc(C)c(C)cc21. The maximum absolute atomic E-state index is 14.2. The summed E-state index contributed by atoms with van der Waals surface area (Å²) in [5.74, 6) is -0.470. The van der Waals surface area contributed by atoms with Gasteiger partial charge in [0.25, 0.3) is 5.56 Å². The summed E-state index contributed by atoms with van der Waals surface area (Å²) in [5.41, 5.74) is -0.829. The number of aryl methyl sites for hydroxylation is 3. The molecule has 0 N–H and O–H groups in total. The smallest absolute Gasteiger partial charge is 0.410 e. The highest BCUT2D eigenvalue weighted by atomic mass is 16.6. The summed E-state index contributed by atoms with van der Waals surface area (Å²) in [5, 5.41) is 0. The average molecular weight is 811 g/mol. The summed E-state index contributed by atoms with van der Waals surface area (Å²) in [7, 11) is 0. The van der Waals surface area contributed by atoms with Gasteiger partial charge in [-0.25, -0.2) is 28.7 Å². The fourth-order valence-electron chi connectivity index (χ4n) is 6.23. The minimum atomic E-state index is -0.900. The second-order valence-corrected chi connectivity index (χ2v) is 17.8. The monoisotopic (exact) mass is 810 g/mol. The van der Waals surface area contributed by atoms with Gasteiger partial charge in [-0.1, -0.05) is 13.3 Å². The Balaban J connectivity index is 1.74. The van der Waals surface area contributed by atoms with Gasteiger partial charge in [-0.05, 0) is 106 Å². The van der Waals surface area contributed by atoms with Gasteiger partial charge in [-0.15, -0.1) is 0 Å². The molecule has 1 aromatic carbocycles. The molecule has 4 rings (SSSR count). The predicted molar refractivity (Wildman–Crippen MR) is 219 cm³/mol. The normalized spacial score (nSPS) is 15.2. The molecule has 17 heteroatoms. The number of aromatic nitrogens is 4. The molecule has 0 saturated carbocycles. The Hall–Kier alpha value is -5.22. The molecule has 0 bridgehead atoms. The van der Waals surface area contributed by atoms with Crippen molar-refractivity contribution < 1.29 is 33.4 Å². The van der Waals surface area contributed by atoms with E-state index < -0.39 is 58.8 Å². The Labute approximate surface area is 340 Å². The lowest BCUT2D eigenvalue weighted by molar-refractivity contribution is -0.132. The van der Waals surface area contributed by atoms with Crippen LogP contribution in [0.5, 0.6) is 0 Å². The van der Waals surface area contributed by atoms with E-state index >= 15 is 0 Å². The van der Waals surface area contributed by atoms with Gasteiger partial charge in [0.1, 0.15) is 23.3 Å². The van der Waals surface area contributed by atoms with Crippen molar-refractivity contribution in [2.24, 2.45) is 0 Å². The van der Waals surface area contributed by atoms with Crippen molar-refractivity contribution in [2.75, 3.05) is 52.4 Å². The van der Waals surface area contributed by atoms with E-state index in [4.69, 9.17) is 14.2 Å². The van der Waals surface area contributed by atoms with E-state index in [1.54, 1.807) is 62.3 Å². The molecule has 0 aromatic heterocycles. The number of carbonyl (C=O) groups excluding carboxylic acids is 4. The van der Waals surface area contributed by atoms with E-state index in [1.165, 1.54) is 19.6 Å². The summed E-state index contributed by atoms with van der Waals surface area (Å²) in [6.45, 7) is 21.4. The highest BCUT2D eigenvalue weighted by Crippen LogP contribution is 2.25. The highest BCUT2D eigenvalue weighted by Gasteiger charge is 2.31. The van der Waals surface area contributed by atoms with Crippen LogP contribution in [0.4, 0.5) is 14.4 Å². The molecular weight excluding hydrogens is 748 g/mol. The molecule has 4 amide bonds. The van der Waals surface area contributed by atoms with Gasteiger partial charge < -0.3 is 38.4 Å². The first-order valence-electron chi connectivity index (χ1n) is 20.0. The number of rotatable bonds is 5. The molecule has 0 radical (unpaired) electrons. The first-order valence-corrected chi connectivity index (χ1v) is 20.0. The van der Waals surface area contributed by atoms with Crippen molar-refractivity contribution in [3.63, 3.8) is 0 Å². The number of hydrogen-bond donors (Lipinski definition) is 0. The van der Waals surface area contributed by atoms with Crippen LogP contribution in [-0.4, -0.2) is 132 Å². The highest BCUT2D eigenvalue weighted by molar-refractivity contribution is 5.81. The quantitative estimate of drug-likeness (QED) is 0.249. The molecule has 3 heterocycles. The van der Waals surface area contributed by atoms with E-state index in [-0.39, 0.29) is 63.9 Å². The molecule has 320 valence electrons. The number of hydrogen-bond acceptors (Lipinski definition) is 11. The zero-order chi connectivity index (χ0) is 43.3. The Bertz CT molecular complexity index is 2030. The number of nitrogens with zero attached hydrogens (tertiary/aromatic N) is 8. The van der Waals surface area contributed by atoms with Crippen LogP contribution in [0.3, 0.4) is 0 Å². The third-order valence-electron chi connectivity index (χ3n) is 9.36. The minimum Gasteiger partial charge on any atom is -0.444 e. The Morgan fingerprint density at radius 1 is 0.621 bits per heavy atom. The average Bonchev–Trinajstić information content (AvgIpc) is 3.07. The molecule has 0 spiro atoms. The van der Waals surface area contributed by atoms with Gasteiger partial charge in [-0.2, -0.15) is 4.98 Å². The van der Waals surface area contributed by atoms with E-state index in [0.717, 1.165) is 34.1 Å². The van der Waals surface area contributed by atoms with Gasteiger partial charge in [0.2, 0.25) is 5.91 Å². The Morgan fingerprint density at radius 3 is 1.45 bits per heavy atom. The van der Waals surface area contributed by atoms with Crippen LogP contribution < -0.4 is 11.2 Å². The summed E-state index contributed by atoms with van der Waals surface area (Å²) in [6, 6.07) is 3.86. The number of benzene rings is 1. The van der Waals surface area contributed by atoms with Crippen LogP contribution in [0.1, 0.15) is 93.2 Å². The van der Waals surface area contributed by atoms with Crippen molar-refractivity contribution in [1.29, 1.82) is 0 Å². The second kappa shape index (κ2) is 18.1. The van der Waals surface area contributed by atoms with Crippen LogP contribution >= 0.6 is 0 Å². The fraction of sp³-hybridized carbons (Fsp3) is 0.659. The van der Waals surface area contributed by atoms with Gasteiger partial charge in [0.05, 0.1) is 11.0 Å². The summed E-state index contributed by atoms with van der Waals surface area (Å²) < 4.78 is 19.7. The predicted octanol–water partition coefficient (Wildman–Crippen LogP) is 5.03. The lowest BCUT2D eigenvalue weighted by Gasteiger charge is -2.35. The fourth-order valence-corrected chi connectivity index (χ4v) is 6.23. The van der Waals surface area contributed by atoms with Crippen molar-refractivity contribution >= 4 is 35.2 Å². The van der Waals surface area contributed by atoms with Crippen molar-refractivity contribution in [2.45, 2.75) is 126 Å². The molecule has 0 aliphatic carbocycles. The largest absolute Gasteiger partial charge is 0.444 e. The molecule has 1 aromatic rings. The standard InChI is InChI=1S/C41H62N8O9/c1-13-14-15-48-30-25-28(3)27(2)24-29(30)42-32-33(48)43-35(52)49(34(32)51)26-31(50)44-16-18-45(36(53)56-39(4,5)6)20-22-47(38(55)58-41(10,11)12)23-21-46(19-17-44)37(54)57-40(7,8)9/h24-25H,13-23,26H2,1-12H3. The molecule has 1 fully saturated rings. The molecule has 0 unspecified atom stereocenters. The van der Waals surface area contributed by atoms with E-state index in [0.29, 0.717) is 12.1 Å². The van der Waals surface area contributed by atoms with Crippen LogP contribution in [0, 0.1) is 13.8 Å². The lowest BCUT2D eigenvalue weighted by atomic mass is 10.1. The van der Waals surface area contributed by atoms with Gasteiger partial charge >= 0.3 is 24.0 Å². The summed E-state index contributed by atoms with van der Waals surface area (Å²) in [4.78, 5) is 97.0. The zero-order valence-electron chi connectivity index (χ0n) is 36.4. The molecule has 1 saturated heterocycles. The number of carbonyl (C=O) groups is 4. The topological polar surface area (TPSA) is 179 Å². The number of ether oxygens (including phenoxy) is 3. The van der Waals surface area contributed by atoms with Gasteiger partial charge in [0.15, 0.2) is 11.5 Å². The van der Waals surface area contributed by atoms with Crippen molar-refractivity contribution in [3.05, 3.63) is 44.1 Å². The van der Waals surface area contributed by atoms with Crippen LogP contribution in [0.25, 0.3) is 22.6 Å². The van der Waals surface area contributed by atoms with E-state index in [2.05, 4.69) is 9.97 Å². The van der Waals surface area contributed by atoms with Crippen LogP contribution in [-0.2, 0) is 32.1 Å². The summed E-state index contributed by atoms with van der Waals surface area (Å²) >= 11 is 0. The number of unbranched alkanes of at least 4 members (excludes halogenated alkanes) is 1. The molecule has 3 aliphatic rings. The third kappa shape index (κ3) is 12.1. The van der Waals surface area contributed by atoms with E-state index in [9.17, 15) is 28.8 Å². The maximum atomic E-state index is 14.2. The van der Waals surface area contributed by atoms with Crippen LogP contribution in [0.2, 0.25) is 0 Å². The van der Waals surface area contributed by atoms with Crippen molar-refractivity contribution in [1.82, 2.24) is 38.7 Å². The molecule has 3 aliphatic heterocycles. The third-order valence-corrected chi connectivity index (χ3v) is 9.36. The maximum Gasteiger partial charge on any atom is 0.410 e. The van der Waals surface area contributed by atoms with Gasteiger partial charge in [0, 0.05) is 58.9 Å². The van der Waals surface area contributed by atoms with Gasteiger partial charge in [-0.3, -0.25) is 9.59 Å². The molecule has 58 heavy (non-hydrogen) atoms. The second-order valence-electron chi connectivity index (χ2n) is 17.8. The number of amides is 4. The van der Waals surface area contributed by atoms with Crippen molar-refractivity contribution in [3.8, 4) is 11.5 Å². The molecule has 17 nitrogen and oxygen atoms in total. The van der Waals surface area contributed by atoms with Crippen LogP contribution in [0.15, 0.2) is 21.7 Å². The molecular formula is C41H62N8O9. The minimum absolute atomic E-state index is 0.0119.